The second kappa shape index (κ2) is 2.59. The van der Waals surface area contributed by atoms with Crippen LogP contribution in [-0.4, -0.2) is 4.98 Å². The van der Waals surface area contributed by atoms with E-state index in [0.29, 0.717) is 5.88 Å². The molecule has 0 fully saturated rings. The van der Waals surface area contributed by atoms with Gasteiger partial charge in [0.25, 0.3) is 0 Å². The highest BCUT2D eigenvalue weighted by Crippen LogP contribution is 2.15. The predicted octanol–water partition coefficient (Wildman–Crippen LogP) is 2.91. The molecule has 56 valence electrons. The zero-order valence-corrected chi connectivity index (χ0v) is 6.73. The van der Waals surface area contributed by atoms with Crippen molar-refractivity contribution in [3.05, 3.63) is 36.0 Å². The van der Waals surface area contributed by atoms with Crippen molar-refractivity contribution in [3.8, 4) is 0 Å². The van der Waals surface area contributed by atoms with E-state index < -0.39 is 0 Å². The Labute approximate surface area is 70.0 Å². The molecule has 0 aliphatic heterocycles. The summed E-state index contributed by atoms with van der Waals surface area (Å²) in [4.78, 5) is 3.21. The highest BCUT2D eigenvalue weighted by Gasteiger charge is 1.96. The van der Waals surface area contributed by atoms with Crippen LogP contribution in [0.2, 0.25) is 0 Å². The molecule has 0 aliphatic rings. The molecule has 1 N–H and O–H groups in total. The second-order valence-corrected chi connectivity index (χ2v) is 2.78. The lowest BCUT2D eigenvalue weighted by Gasteiger charge is -1.84. The van der Waals surface area contributed by atoms with E-state index in [2.05, 4.69) is 17.1 Å². The molecule has 0 saturated heterocycles. The minimum atomic E-state index is 0.550. The molecule has 2 aromatic rings. The summed E-state index contributed by atoms with van der Waals surface area (Å²) in [6.07, 6.45) is 0. The third-order valence-corrected chi connectivity index (χ3v) is 2.02. The van der Waals surface area contributed by atoms with Crippen molar-refractivity contribution in [2.45, 2.75) is 5.88 Å². The molecule has 0 spiro atoms. The van der Waals surface area contributed by atoms with Crippen molar-refractivity contribution in [1.82, 2.24) is 4.98 Å². The number of rotatable bonds is 1. The number of para-hydroxylation sites is 1. The fourth-order valence-electron chi connectivity index (χ4n) is 1.21. The van der Waals surface area contributed by atoms with Crippen molar-refractivity contribution >= 4 is 22.5 Å². The van der Waals surface area contributed by atoms with Crippen LogP contribution in [0.25, 0.3) is 10.9 Å². The first kappa shape index (κ1) is 6.74. The standard InChI is InChI=1S/C9H8ClN/c10-6-8-5-7-3-1-2-4-9(7)11-8/h1-5,11H,6H2. The lowest BCUT2D eigenvalue weighted by molar-refractivity contribution is 1.26. The van der Waals surface area contributed by atoms with E-state index in [1.165, 1.54) is 5.39 Å². The minimum Gasteiger partial charge on any atom is -0.357 e. The summed E-state index contributed by atoms with van der Waals surface area (Å²) in [6, 6.07) is 10.2. The average molecular weight is 166 g/mol. The zero-order valence-electron chi connectivity index (χ0n) is 5.97. The topological polar surface area (TPSA) is 15.8 Å². The molecule has 2 rings (SSSR count). The van der Waals surface area contributed by atoms with Gasteiger partial charge >= 0.3 is 0 Å². The second-order valence-electron chi connectivity index (χ2n) is 2.52. The Balaban J connectivity index is 2.69. The fourth-order valence-corrected chi connectivity index (χ4v) is 1.35. The molecule has 0 aliphatic carbocycles. The molecule has 0 bridgehead atoms. The van der Waals surface area contributed by atoms with Crippen LogP contribution in [0.5, 0.6) is 0 Å². The molecule has 2 heteroatoms. The Bertz CT molecular complexity index is 331. The summed E-state index contributed by atoms with van der Waals surface area (Å²) >= 11 is 5.67. The number of fused-ring (bicyclic) bond motifs is 1. The lowest BCUT2D eigenvalue weighted by Crippen LogP contribution is -1.72. The van der Waals surface area contributed by atoms with Gasteiger partial charge in [0.15, 0.2) is 0 Å². The van der Waals surface area contributed by atoms with Gasteiger partial charge in [-0.05, 0) is 17.5 Å². The van der Waals surface area contributed by atoms with Crippen molar-refractivity contribution in [2.24, 2.45) is 0 Å². The zero-order chi connectivity index (χ0) is 7.68. The molecular weight excluding hydrogens is 158 g/mol. The van der Waals surface area contributed by atoms with E-state index in [1.54, 1.807) is 0 Å². The number of aromatic amines is 1. The predicted molar refractivity (Wildman–Crippen MR) is 47.9 cm³/mol. The number of nitrogens with one attached hydrogen (secondary N) is 1. The Kier molecular flexibility index (Phi) is 1.59. The van der Waals surface area contributed by atoms with Gasteiger partial charge < -0.3 is 4.98 Å². The lowest BCUT2D eigenvalue weighted by atomic mass is 10.2. The molecule has 0 radical (unpaired) electrons. The maximum absolute atomic E-state index is 5.67. The van der Waals surface area contributed by atoms with Gasteiger partial charge in [0.05, 0.1) is 5.88 Å². The highest BCUT2D eigenvalue weighted by atomic mass is 35.5. The van der Waals surface area contributed by atoms with E-state index >= 15 is 0 Å². The van der Waals surface area contributed by atoms with Crippen LogP contribution in [0.3, 0.4) is 0 Å². The van der Waals surface area contributed by atoms with Gasteiger partial charge in [-0.15, -0.1) is 11.6 Å². The number of H-pyrrole nitrogens is 1. The summed E-state index contributed by atoms with van der Waals surface area (Å²) in [6.45, 7) is 0. The van der Waals surface area contributed by atoms with Crippen LogP contribution in [-0.2, 0) is 5.88 Å². The Morgan fingerprint density at radius 1 is 1.27 bits per heavy atom. The first-order chi connectivity index (χ1) is 5.40. The molecule has 11 heavy (non-hydrogen) atoms. The van der Waals surface area contributed by atoms with Gasteiger partial charge in [-0.3, -0.25) is 0 Å². The minimum absolute atomic E-state index is 0.550. The highest BCUT2D eigenvalue weighted by molar-refractivity contribution is 6.17. The molecule has 0 amide bonds. The van der Waals surface area contributed by atoms with E-state index in [9.17, 15) is 0 Å². The van der Waals surface area contributed by atoms with Gasteiger partial charge in [0.2, 0.25) is 0 Å². The monoisotopic (exact) mass is 165 g/mol. The number of hydrogen-bond donors (Lipinski definition) is 1. The number of alkyl halides is 1. The molecule has 0 saturated carbocycles. The number of hydrogen-bond acceptors (Lipinski definition) is 0. The SMILES string of the molecule is ClCc1cc2ccccc2[nH]1. The molecular formula is C9H8ClN. The average Bonchev–Trinajstić information content (AvgIpc) is 2.46. The van der Waals surface area contributed by atoms with E-state index in [-0.39, 0.29) is 0 Å². The molecule has 1 nitrogen and oxygen atoms in total. The largest absolute Gasteiger partial charge is 0.357 e. The first-order valence-electron chi connectivity index (χ1n) is 3.53. The number of aromatic nitrogens is 1. The van der Waals surface area contributed by atoms with Gasteiger partial charge in [0, 0.05) is 11.2 Å². The third kappa shape index (κ3) is 1.12. The maximum Gasteiger partial charge on any atom is 0.0625 e. The van der Waals surface area contributed by atoms with Crippen LogP contribution in [0.1, 0.15) is 5.69 Å². The molecule has 1 heterocycles. The molecule has 1 aromatic carbocycles. The van der Waals surface area contributed by atoms with Crippen LogP contribution in [0.15, 0.2) is 30.3 Å². The Morgan fingerprint density at radius 3 is 2.82 bits per heavy atom. The first-order valence-corrected chi connectivity index (χ1v) is 4.06. The summed E-state index contributed by atoms with van der Waals surface area (Å²) < 4.78 is 0. The summed E-state index contributed by atoms with van der Waals surface area (Å²) in [5, 5.41) is 1.23. The fraction of sp³-hybridized carbons (Fsp3) is 0.111. The molecule has 0 atom stereocenters. The maximum atomic E-state index is 5.67. The van der Waals surface area contributed by atoms with Gasteiger partial charge in [-0.25, -0.2) is 0 Å². The van der Waals surface area contributed by atoms with E-state index in [0.717, 1.165) is 11.2 Å². The van der Waals surface area contributed by atoms with Crippen molar-refractivity contribution in [3.63, 3.8) is 0 Å². The van der Waals surface area contributed by atoms with Crippen LogP contribution < -0.4 is 0 Å². The third-order valence-electron chi connectivity index (χ3n) is 1.73. The molecule has 0 unspecified atom stereocenters. The number of halogens is 1. The van der Waals surface area contributed by atoms with Crippen molar-refractivity contribution < 1.29 is 0 Å². The van der Waals surface area contributed by atoms with Gasteiger partial charge in [-0.2, -0.15) is 0 Å². The van der Waals surface area contributed by atoms with Crippen LogP contribution in [0.4, 0.5) is 0 Å². The van der Waals surface area contributed by atoms with Crippen LogP contribution in [0, 0.1) is 0 Å². The smallest absolute Gasteiger partial charge is 0.0625 e. The summed E-state index contributed by atoms with van der Waals surface area (Å²) in [7, 11) is 0. The van der Waals surface area contributed by atoms with Gasteiger partial charge in [-0.1, -0.05) is 18.2 Å². The van der Waals surface area contributed by atoms with Gasteiger partial charge in [0.1, 0.15) is 0 Å². The summed E-state index contributed by atoms with van der Waals surface area (Å²) in [5.41, 5.74) is 2.23. The summed E-state index contributed by atoms with van der Waals surface area (Å²) in [5.74, 6) is 0.550. The van der Waals surface area contributed by atoms with Crippen molar-refractivity contribution in [2.75, 3.05) is 0 Å². The normalized spacial score (nSPS) is 10.6. The number of benzene rings is 1. The van der Waals surface area contributed by atoms with Crippen molar-refractivity contribution in [1.29, 1.82) is 0 Å². The van der Waals surface area contributed by atoms with E-state index in [1.807, 2.05) is 18.2 Å². The Morgan fingerprint density at radius 2 is 2.09 bits per heavy atom. The molecule has 1 aromatic heterocycles. The quantitative estimate of drug-likeness (QED) is 0.626. The Hall–Kier alpha value is -0.950. The van der Waals surface area contributed by atoms with E-state index in [4.69, 9.17) is 11.6 Å². The van der Waals surface area contributed by atoms with Crippen LogP contribution >= 0.6 is 11.6 Å².